The summed E-state index contributed by atoms with van der Waals surface area (Å²) >= 11 is 0. The van der Waals surface area contributed by atoms with Crippen molar-refractivity contribution < 1.29 is 14.0 Å². The minimum absolute atomic E-state index is 0.195. The summed E-state index contributed by atoms with van der Waals surface area (Å²) < 4.78 is 5.59. The lowest BCUT2D eigenvalue weighted by Gasteiger charge is -2.16. The lowest BCUT2D eigenvalue weighted by molar-refractivity contribution is -0.115. The van der Waals surface area contributed by atoms with Gasteiger partial charge in [-0.15, -0.1) is 0 Å². The highest BCUT2D eigenvalue weighted by Crippen LogP contribution is 2.20. The third-order valence-electron chi connectivity index (χ3n) is 2.69. The molecule has 6 nitrogen and oxygen atoms in total. The molecule has 6 heteroatoms. The zero-order valence-electron chi connectivity index (χ0n) is 10.3. The van der Waals surface area contributed by atoms with Gasteiger partial charge in [0, 0.05) is 25.2 Å². The minimum atomic E-state index is -0.512. The molecule has 1 aromatic rings. The van der Waals surface area contributed by atoms with Gasteiger partial charge < -0.3 is 14.6 Å². The summed E-state index contributed by atoms with van der Waals surface area (Å²) in [4.78, 5) is 24.3. The summed E-state index contributed by atoms with van der Waals surface area (Å²) in [6.07, 6.45) is 1.51. The van der Waals surface area contributed by atoms with E-state index in [-0.39, 0.29) is 5.70 Å². The summed E-state index contributed by atoms with van der Waals surface area (Å²) in [5.74, 6) is 0.835. The van der Waals surface area contributed by atoms with Crippen LogP contribution in [-0.4, -0.2) is 25.0 Å². The molecule has 0 aromatic carbocycles. The van der Waals surface area contributed by atoms with Gasteiger partial charge in [-0.1, -0.05) is 0 Å². The zero-order valence-corrected chi connectivity index (χ0v) is 10.3. The van der Waals surface area contributed by atoms with E-state index >= 15 is 0 Å². The van der Waals surface area contributed by atoms with Crippen LogP contribution in [-0.2, 0) is 4.79 Å². The second-order valence-corrected chi connectivity index (χ2v) is 3.81. The molecule has 2 rings (SSSR count). The molecule has 0 saturated carbocycles. The molecule has 1 fully saturated rings. The van der Waals surface area contributed by atoms with Crippen molar-refractivity contribution in [3.63, 3.8) is 0 Å². The number of carbonyl (C=O) groups is 2. The fraction of sp³-hybridized carbons (Fsp3) is 0.333. The van der Waals surface area contributed by atoms with Crippen molar-refractivity contribution in [1.82, 2.24) is 10.6 Å². The fourth-order valence-corrected chi connectivity index (χ4v) is 1.75. The number of carbonyl (C=O) groups excluding carboxylic acids is 2. The fourth-order valence-electron chi connectivity index (χ4n) is 1.75. The topological polar surface area (TPSA) is 74.6 Å². The van der Waals surface area contributed by atoms with Crippen LogP contribution in [0.25, 0.3) is 6.08 Å². The molecule has 2 heterocycles. The van der Waals surface area contributed by atoms with Gasteiger partial charge in [-0.2, -0.15) is 0 Å². The first-order valence-electron chi connectivity index (χ1n) is 5.82. The van der Waals surface area contributed by atoms with Crippen LogP contribution in [0.15, 0.2) is 22.2 Å². The molecule has 96 valence electrons. The number of furan rings is 1. The maximum Gasteiger partial charge on any atom is 0.326 e. The van der Waals surface area contributed by atoms with Crippen LogP contribution in [0.3, 0.4) is 0 Å². The number of hydrogen-bond donors (Lipinski definition) is 2. The molecule has 0 unspecified atom stereocenters. The lowest BCUT2D eigenvalue weighted by atomic mass is 10.3. The standard InChI is InChI=1S/C12H15N3O3/c1-3-15(4-2)10-6-5-8(18-10)7-9-11(16)14-12(17)13-9/h5-7H,3-4H2,1-2H3,(H2,13,14,16,17)/b9-7+. The van der Waals surface area contributed by atoms with Crippen LogP contribution in [0.5, 0.6) is 0 Å². The van der Waals surface area contributed by atoms with Crippen LogP contribution in [0, 0.1) is 0 Å². The molecule has 2 N–H and O–H groups in total. The predicted octanol–water partition coefficient (Wildman–Crippen LogP) is 1.31. The number of hydrogen-bond acceptors (Lipinski definition) is 4. The highest BCUT2D eigenvalue weighted by Gasteiger charge is 2.23. The van der Waals surface area contributed by atoms with E-state index in [1.165, 1.54) is 6.08 Å². The molecule has 0 bridgehead atoms. The van der Waals surface area contributed by atoms with Crippen LogP contribution in [0.4, 0.5) is 10.7 Å². The highest BCUT2D eigenvalue weighted by atomic mass is 16.4. The SMILES string of the molecule is CCN(CC)c1ccc(/C=C2/NC(=O)NC2=O)o1. The Labute approximate surface area is 105 Å². The van der Waals surface area contributed by atoms with Crippen LogP contribution < -0.4 is 15.5 Å². The quantitative estimate of drug-likeness (QED) is 0.623. The van der Waals surface area contributed by atoms with Gasteiger partial charge in [-0.25, -0.2) is 4.79 Å². The van der Waals surface area contributed by atoms with Crippen molar-refractivity contribution in [2.24, 2.45) is 0 Å². The van der Waals surface area contributed by atoms with Gasteiger partial charge in [0.15, 0.2) is 5.88 Å². The molecule has 1 aromatic heterocycles. The summed E-state index contributed by atoms with van der Waals surface area (Å²) in [5, 5.41) is 4.54. The predicted molar refractivity (Wildman–Crippen MR) is 66.9 cm³/mol. The Morgan fingerprint density at radius 2 is 1.94 bits per heavy atom. The molecule has 0 radical (unpaired) electrons. The number of rotatable bonds is 4. The highest BCUT2D eigenvalue weighted by molar-refractivity contribution is 6.13. The van der Waals surface area contributed by atoms with Crippen LogP contribution in [0.1, 0.15) is 19.6 Å². The zero-order chi connectivity index (χ0) is 13.1. The van der Waals surface area contributed by atoms with Crippen LogP contribution in [0.2, 0.25) is 0 Å². The van der Waals surface area contributed by atoms with Crippen molar-refractivity contribution in [1.29, 1.82) is 0 Å². The monoisotopic (exact) mass is 249 g/mol. The largest absolute Gasteiger partial charge is 0.441 e. The van der Waals surface area contributed by atoms with E-state index in [4.69, 9.17) is 4.42 Å². The Morgan fingerprint density at radius 1 is 1.22 bits per heavy atom. The second kappa shape index (κ2) is 4.95. The second-order valence-electron chi connectivity index (χ2n) is 3.81. The number of urea groups is 1. The molecular weight excluding hydrogens is 234 g/mol. The molecule has 0 atom stereocenters. The first-order chi connectivity index (χ1) is 8.63. The first-order valence-corrected chi connectivity index (χ1v) is 5.82. The van der Waals surface area contributed by atoms with Crippen molar-refractivity contribution in [3.8, 4) is 0 Å². The smallest absolute Gasteiger partial charge is 0.326 e. The van der Waals surface area contributed by atoms with Crippen molar-refractivity contribution in [2.75, 3.05) is 18.0 Å². The maximum absolute atomic E-state index is 11.3. The van der Waals surface area contributed by atoms with Crippen LogP contribution >= 0.6 is 0 Å². The van der Waals surface area contributed by atoms with Gasteiger partial charge >= 0.3 is 6.03 Å². The van der Waals surface area contributed by atoms with E-state index in [0.717, 1.165) is 19.0 Å². The minimum Gasteiger partial charge on any atom is -0.441 e. The average molecular weight is 249 g/mol. The average Bonchev–Trinajstić information content (AvgIpc) is 2.89. The number of amides is 3. The van der Waals surface area contributed by atoms with Gasteiger partial charge in [0.25, 0.3) is 5.91 Å². The van der Waals surface area contributed by atoms with E-state index in [1.54, 1.807) is 6.07 Å². The van der Waals surface area contributed by atoms with E-state index in [1.807, 2.05) is 19.9 Å². The molecule has 0 spiro atoms. The van der Waals surface area contributed by atoms with Gasteiger partial charge in [0.05, 0.1) is 0 Å². The van der Waals surface area contributed by atoms with Crippen molar-refractivity contribution in [3.05, 3.63) is 23.6 Å². The number of anilines is 1. The first kappa shape index (κ1) is 12.2. The maximum atomic E-state index is 11.3. The number of imide groups is 1. The Morgan fingerprint density at radius 3 is 2.50 bits per heavy atom. The molecule has 1 saturated heterocycles. The molecule has 18 heavy (non-hydrogen) atoms. The molecule has 1 aliphatic rings. The molecule has 1 aliphatic heterocycles. The lowest BCUT2D eigenvalue weighted by Crippen LogP contribution is -2.22. The molecule has 3 amide bonds. The third kappa shape index (κ3) is 2.37. The third-order valence-corrected chi connectivity index (χ3v) is 2.69. The van der Waals surface area contributed by atoms with E-state index in [0.29, 0.717) is 5.76 Å². The van der Waals surface area contributed by atoms with Gasteiger partial charge in [0.2, 0.25) is 0 Å². The summed E-state index contributed by atoms with van der Waals surface area (Å²) in [5.41, 5.74) is 0.195. The Bertz CT molecular complexity index is 500. The van der Waals surface area contributed by atoms with E-state index < -0.39 is 11.9 Å². The molecular formula is C12H15N3O3. The van der Waals surface area contributed by atoms with Crippen molar-refractivity contribution in [2.45, 2.75) is 13.8 Å². The Kier molecular flexibility index (Phi) is 3.36. The Hall–Kier alpha value is -2.24. The number of nitrogens with one attached hydrogen (secondary N) is 2. The normalized spacial score (nSPS) is 16.9. The molecule has 0 aliphatic carbocycles. The summed E-state index contributed by atoms with van der Waals surface area (Å²) in [6.45, 7) is 5.76. The van der Waals surface area contributed by atoms with Gasteiger partial charge in [-0.3, -0.25) is 10.1 Å². The number of nitrogens with zero attached hydrogens (tertiary/aromatic N) is 1. The van der Waals surface area contributed by atoms with E-state index in [2.05, 4.69) is 15.5 Å². The summed E-state index contributed by atoms with van der Waals surface area (Å²) in [6, 6.07) is 3.09. The Balaban J connectivity index is 2.18. The van der Waals surface area contributed by atoms with Gasteiger partial charge in [-0.05, 0) is 19.9 Å². The van der Waals surface area contributed by atoms with Crippen molar-refractivity contribution >= 4 is 23.9 Å². The van der Waals surface area contributed by atoms with E-state index in [9.17, 15) is 9.59 Å². The van der Waals surface area contributed by atoms with Gasteiger partial charge in [0.1, 0.15) is 11.5 Å². The summed E-state index contributed by atoms with van der Waals surface area (Å²) in [7, 11) is 0.